The van der Waals surface area contributed by atoms with E-state index in [1.807, 2.05) is 13.0 Å². The minimum absolute atomic E-state index is 0.290. The van der Waals surface area contributed by atoms with Gasteiger partial charge in [-0.2, -0.15) is 13.2 Å². The van der Waals surface area contributed by atoms with Crippen molar-refractivity contribution in [1.82, 2.24) is 0 Å². The summed E-state index contributed by atoms with van der Waals surface area (Å²) in [6.07, 6.45) is 5.96. The third kappa shape index (κ3) is 13.5. The van der Waals surface area contributed by atoms with Crippen molar-refractivity contribution in [2.75, 3.05) is 0 Å². The van der Waals surface area contributed by atoms with Crippen LogP contribution in [0.1, 0.15) is 58.3 Å². The SMILES string of the molecule is C/C=C/CCCCCCCCC(F)(F)F. The maximum atomic E-state index is 11.8. The highest BCUT2D eigenvalue weighted by molar-refractivity contribution is 4.76. The molecule has 0 spiro atoms. The second-order valence-electron chi connectivity index (χ2n) is 3.84. The van der Waals surface area contributed by atoms with E-state index in [0.717, 1.165) is 32.1 Å². The highest BCUT2D eigenvalue weighted by atomic mass is 19.4. The van der Waals surface area contributed by atoms with Crippen LogP contribution in [0.4, 0.5) is 13.2 Å². The highest BCUT2D eigenvalue weighted by Gasteiger charge is 2.25. The molecule has 0 radical (unpaired) electrons. The monoisotopic (exact) mass is 222 g/mol. The average Bonchev–Trinajstić information content (AvgIpc) is 2.14. The molecule has 0 aliphatic heterocycles. The number of hydrogen-bond donors (Lipinski definition) is 0. The predicted octanol–water partition coefficient (Wildman–Crippen LogP) is 5.25. The molecule has 0 fully saturated rings. The number of alkyl halides is 3. The molecule has 0 bridgehead atoms. The molecule has 0 saturated heterocycles. The van der Waals surface area contributed by atoms with Crippen molar-refractivity contribution in [1.29, 1.82) is 0 Å². The number of rotatable bonds is 8. The van der Waals surface area contributed by atoms with Crippen LogP contribution in [0.25, 0.3) is 0 Å². The fourth-order valence-electron chi connectivity index (χ4n) is 1.46. The first-order chi connectivity index (χ1) is 7.06. The summed E-state index contributed by atoms with van der Waals surface area (Å²) in [5.41, 5.74) is 0. The Bertz CT molecular complexity index is 159. The number of halogens is 3. The molecule has 90 valence electrons. The van der Waals surface area contributed by atoms with Gasteiger partial charge in [-0.3, -0.25) is 0 Å². The van der Waals surface area contributed by atoms with Gasteiger partial charge in [-0.1, -0.05) is 37.8 Å². The number of unbranched alkanes of at least 4 members (excludes halogenated alkanes) is 6. The van der Waals surface area contributed by atoms with Gasteiger partial charge in [0.05, 0.1) is 0 Å². The summed E-state index contributed by atoms with van der Waals surface area (Å²) >= 11 is 0. The first kappa shape index (κ1) is 14.5. The topological polar surface area (TPSA) is 0 Å². The van der Waals surface area contributed by atoms with Crippen LogP contribution >= 0.6 is 0 Å². The number of hydrogen-bond acceptors (Lipinski definition) is 0. The summed E-state index contributed by atoms with van der Waals surface area (Å²) in [4.78, 5) is 0. The predicted molar refractivity (Wildman–Crippen MR) is 57.8 cm³/mol. The van der Waals surface area contributed by atoms with Crippen molar-refractivity contribution in [3.8, 4) is 0 Å². The van der Waals surface area contributed by atoms with Crippen molar-refractivity contribution in [3.05, 3.63) is 12.2 Å². The molecule has 0 unspecified atom stereocenters. The molecule has 0 aromatic heterocycles. The Morgan fingerprint density at radius 2 is 1.40 bits per heavy atom. The average molecular weight is 222 g/mol. The maximum absolute atomic E-state index is 11.8. The van der Waals surface area contributed by atoms with Gasteiger partial charge in [-0.15, -0.1) is 0 Å². The second-order valence-corrected chi connectivity index (χ2v) is 3.84. The minimum Gasteiger partial charge on any atom is -0.171 e. The van der Waals surface area contributed by atoms with Gasteiger partial charge in [0.25, 0.3) is 0 Å². The molecule has 0 heterocycles. The smallest absolute Gasteiger partial charge is 0.171 e. The lowest BCUT2D eigenvalue weighted by Gasteiger charge is -2.05. The highest BCUT2D eigenvalue weighted by Crippen LogP contribution is 2.23. The van der Waals surface area contributed by atoms with E-state index in [2.05, 4.69) is 6.08 Å². The third-order valence-corrected chi connectivity index (χ3v) is 2.32. The first-order valence-electron chi connectivity index (χ1n) is 5.74. The molecule has 0 N–H and O–H groups in total. The molecular weight excluding hydrogens is 201 g/mol. The Balaban J connectivity index is 3.05. The van der Waals surface area contributed by atoms with Gasteiger partial charge >= 0.3 is 6.18 Å². The zero-order chi connectivity index (χ0) is 11.6. The lowest BCUT2D eigenvalue weighted by molar-refractivity contribution is -0.135. The lowest BCUT2D eigenvalue weighted by atomic mass is 10.1. The quantitative estimate of drug-likeness (QED) is 0.389. The normalized spacial score (nSPS) is 12.5. The van der Waals surface area contributed by atoms with Gasteiger partial charge < -0.3 is 0 Å². The Labute approximate surface area is 90.6 Å². The van der Waals surface area contributed by atoms with Gasteiger partial charge in [0.15, 0.2) is 0 Å². The maximum Gasteiger partial charge on any atom is 0.389 e. The van der Waals surface area contributed by atoms with Crippen LogP contribution in [0.15, 0.2) is 12.2 Å². The second kappa shape index (κ2) is 8.81. The molecule has 0 aliphatic carbocycles. The Morgan fingerprint density at radius 1 is 0.867 bits per heavy atom. The molecule has 15 heavy (non-hydrogen) atoms. The molecule has 0 saturated carbocycles. The van der Waals surface area contributed by atoms with E-state index in [-0.39, 0.29) is 0 Å². The minimum atomic E-state index is -3.97. The van der Waals surface area contributed by atoms with Crippen LogP contribution in [0.5, 0.6) is 0 Å². The van der Waals surface area contributed by atoms with E-state index in [1.54, 1.807) is 0 Å². The zero-order valence-corrected chi connectivity index (χ0v) is 9.45. The van der Waals surface area contributed by atoms with Crippen molar-refractivity contribution < 1.29 is 13.2 Å². The van der Waals surface area contributed by atoms with E-state index in [9.17, 15) is 13.2 Å². The van der Waals surface area contributed by atoms with E-state index in [1.165, 1.54) is 0 Å². The van der Waals surface area contributed by atoms with Crippen LogP contribution in [0.3, 0.4) is 0 Å². The summed E-state index contributed by atoms with van der Waals surface area (Å²) in [6, 6.07) is 0. The van der Waals surface area contributed by atoms with Crippen LogP contribution in [0, 0.1) is 0 Å². The fourth-order valence-corrected chi connectivity index (χ4v) is 1.46. The van der Waals surface area contributed by atoms with Crippen LogP contribution in [-0.2, 0) is 0 Å². The molecular formula is C12H21F3. The van der Waals surface area contributed by atoms with Gasteiger partial charge in [0, 0.05) is 6.42 Å². The van der Waals surface area contributed by atoms with E-state index in [0.29, 0.717) is 12.8 Å². The number of allylic oxidation sites excluding steroid dienone is 2. The van der Waals surface area contributed by atoms with Gasteiger partial charge in [-0.05, 0) is 26.2 Å². The third-order valence-electron chi connectivity index (χ3n) is 2.32. The summed E-state index contributed by atoms with van der Waals surface area (Å²) in [6.45, 7) is 2.00. The zero-order valence-electron chi connectivity index (χ0n) is 9.45. The fraction of sp³-hybridized carbons (Fsp3) is 0.833. The van der Waals surface area contributed by atoms with Crippen molar-refractivity contribution in [2.45, 2.75) is 64.5 Å². The summed E-state index contributed by atoms with van der Waals surface area (Å²) in [5.74, 6) is 0. The van der Waals surface area contributed by atoms with E-state index in [4.69, 9.17) is 0 Å². The Hall–Kier alpha value is -0.470. The van der Waals surface area contributed by atoms with Gasteiger partial charge in [0.1, 0.15) is 0 Å². The standard InChI is InChI=1S/C12H21F3/c1-2-3-4-5-6-7-8-9-10-11-12(13,14)15/h2-3H,4-11H2,1H3/b3-2+. The molecule has 0 aromatic carbocycles. The van der Waals surface area contributed by atoms with Gasteiger partial charge in [-0.25, -0.2) is 0 Å². The summed E-state index contributed by atoms with van der Waals surface area (Å²) in [7, 11) is 0. The lowest BCUT2D eigenvalue weighted by Crippen LogP contribution is -2.06. The molecule has 0 nitrogen and oxygen atoms in total. The summed E-state index contributed by atoms with van der Waals surface area (Å²) in [5, 5.41) is 0. The van der Waals surface area contributed by atoms with E-state index < -0.39 is 12.6 Å². The van der Waals surface area contributed by atoms with Crippen molar-refractivity contribution in [3.63, 3.8) is 0 Å². The first-order valence-corrected chi connectivity index (χ1v) is 5.74. The molecule has 0 amide bonds. The van der Waals surface area contributed by atoms with Gasteiger partial charge in [0.2, 0.25) is 0 Å². The summed E-state index contributed by atoms with van der Waals surface area (Å²) < 4.78 is 35.3. The van der Waals surface area contributed by atoms with E-state index >= 15 is 0 Å². The van der Waals surface area contributed by atoms with Crippen LogP contribution in [0.2, 0.25) is 0 Å². The molecule has 3 heteroatoms. The molecule has 0 aromatic rings. The Morgan fingerprint density at radius 3 is 1.93 bits per heavy atom. The Kier molecular flexibility index (Phi) is 8.53. The van der Waals surface area contributed by atoms with Crippen LogP contribution in [-0.4, -0.2) is 6.18 Å². The van der Waals surface area contributed by atoms with Crippen LogP contribution < -0.4 is 0 Å². The largest absolute Gasteiger partial charge is 0.389 e. The molecule has 0 atom stereocenters. The molecule has 0 aliphatic rings. The van der Waals surface area contributed by atoms with Crippen molar-refractivity contribution >= 4 is 0 Å². The van der Waals surface area contributed by atoms with Crippen molar-refractivity contribution in [2.24, 2.45) is 0 Å². The molecule has 0 rings (SSSR count).